The Kier molecular flexibility index (Phi) is 4.25. The average Bonchev–Trinajstić information content (AvgIpc) is 3.41. The number of aliphatic hydroxyl groups is 1. The van der Waals surface area contributed by atoms with Gasteiger partial charge in [0.1, 0.15) is 5.82 Å². The minimum Gasteiger partial charge on any atom is -0.394 e. The number of carbonyl (C=O) groups excluding carboxylic acids is 1. The normalized spacial score (nSPS) is 16.4. The van der Waals surface area contributed by atoms with E-state index >= 15 is 0 Å². The van der Waals surface area contributed by atoms with E-state index in [9.17, 15) is 9.90 Å². The zero-order valence-electron chi connectivity index (χ0n) is 13.0. The molecule has 0 radical (unpaired) electrons. The Morgan fingerprint density at radius 3 is 2.87 bits per heavy atom. The highest BCUT2D eigenvalue weighted by atomic mass is 16.3. The van der Waals surface area contributed by atoms with Crippen LogP contribution >= 0.6 is 0 Å². The van der Waals surface area contributed by atoms with E-state index in [4.69, 9.17) is 0 Å². The van der Waals surface area contributed by atoms with Gasteiger partial charge in [-0.3, -0.25) is 9.78 Å². The third-order valence-electron chi connectivity index (χ3n) is 4.17. The van der Waals surface area contributed by atoms with Gasteiger partial charge in [0.2, 0.25) is 0 Å². The van der Waals surface area contributed by atoms with E-state index in [1.807, 2.05) is 13.0 Å². The van der Waals surface area contributed by atoms with Crippen molar-refractivity contribution >= 4 is 17.4 Å². The Morgan fingerprint density at radius 2 is 2.22 bits per heavy atom. The van der Waals surface area contributed by atoms with E-state index in [1.165, 1.54) is 0 Å². The smallest absolute Gasteiger partial charge is 0.251 e. The summed E-state index contributed by atoms with van der Waals surface area (Å²) in [6, 6.07) is 7.18. The van der Waals surface area contributed by atoms with Gasteiger partial charge < -0.3 is 15.7 Å². The number of hydrogen-bond donors (Lipinski definition) is 3. The minimum absolute atomic E-state index is 0.0546. The molecular formula is C17H20N4O2. The van der Waals surface area contributed by atoms with Crippen molar-refractivity contribution in [3.8, 4) is 0 Å². The van der Waals surface area contributed by atoms with E-state index in [-0.39, 0.29) is 12.5 Å². The Bertz CT molecular complexity index is 688. The Balaban J connectivity index is 1.72. The van der Waals surface area contributed by atoms with Crippen molar-refractivity contribution in [2.24, 2.45) is 5.92 Å². The van der Waals surface area contributed by atoms with Crippen molar-refractivity contribution in [2.45, 2.75) is 25.3 Å². The lowest BCUT2D eigenvalue weighted by Crippen LogP contribution is -2.50. The van der Waals surface area contributed by atoms with E-state index in [2.05, 4.69) is 20.6 Å². The van der Waals surface area contributed by atoms with Gasteiger partial charge in [0.15, 0.2) is 0 Å². The van der Waals surface area contributed by atoms with Crippen molar-refractivity contribution in [1.29, 1.82) is 0 Å². The van der Waals surface area contributed by atoms with E-state index in [1.54, 1.807) is 36.8 Å². The van der Waals surface area contributed by atoms with Gasteiger partial charge in [-0.2, -0.15) is 0 Å². The molecule has 1 fully saturated rings. The third kappa shape index (κ3) is 3.65. The molecule has 2 aromatic rings. The summed E-state index contributed by atoms with van der Waals surface area (Å²) >= 11 is 0. The minimum atomic E-state index is -0.550. The van der Waals surface area contributed by atoms with Crippen LogP contribution in [0.4, 0.5) is 11.5 Å². The quantitative estimate of drug-likeness (QED) is 0.760. The van der Waals surface area contributed by atoms with Crippen LogP contribution in [0.5, 0.6) is 0 Å². The number of benzene rings is 1. The molecule has 1 atom stereocenters. The number of hydrogen-bond acceptors (Lipinski definition) is 5. The summed E-state index contributed by atoms with van der Waals surface area (Å²) in [5.74, 6) is 0.789. The maximum atomic E-state index is 12.5. The van der Waals surface area contributed by atoms with E-state index in [0.29, 0.717) is 17.3 Å². The molecule has 1 aliphatic carbocycles. The molecule has 120 valence electrons. The monoisotopic (exact) mass is 312 g/mol. The molecular weight excluding hydrogens is 292 g/mol. The number of anilines is 2. The fourth-order valence-electron chi connectivity index (χ4n) is 2.57. The van der Waals surface area contributed by atoms with Crippen LogP contribution in [-0.4, -0.2) is 33.1 Å². The highest BCUT2D eigenvalue weighted by molar-refractivity contribution is 5.95. The SMILES string of the molecule is CC(CO)(NC(=O)c1cccc(Nc2cnccn2)c1)C1CC1. The lowest BCUT2D eigenvalue weighted by atomic mass is 9.96. The lowest BCUT2D eigenvalue weighted by Gasteiger charge is -2.28. The van der Waals surface area contributed by atoms with Gasteiger partial charge in [0, 0.05) is 23.6 Å². The van der Waals surface area contributed by atoms with Crippen molar-refractivity contribution in [2.75, 3.05) is 11.9 Å². The zero-order chi connectivity index (χ0) is 16.3. The van der Waals surface area contributed by atoms with Crippen LogP contribution in [0, 0.1) is 5.92 Å². The van der Waals surface area contributed by atoms with Crippen LogP contribution in [0.3, 0.4) is 0 Å². The van der Waals surface area contributed by atoms with Crippen LogP contribution in [0.15, 0.2) is 42.9 Å². The molecule has 1 amide bonds. The lowest BCUT2D eigenvalue weighted by molar-refractivity contribution is 0.0824. The largest absolute Gasteiger partial charge is 0.394 e. The zero-order valence-corrected chi connectivity index (χ0v) is 13.0. The predicted octanol–water partition coefficient (Wildman–Crippen LogP) is 2.11. The molecule has 1 aliphatic rings. The number of amides is 1. The molecule has 3 rings (SSSR count). The van der Waals surface area contributed by atoms with E-state index < -0.39 is 5.54 Å². The number of aliphatic hydroxyl groups excluding tert-OH is 1. The second kappa shape index (κ2) is 6.34. The summed E-state index contributed by atoms with van der Waals surface area (Å²) in [7, 11) is 0. The van der Waals surface area contributed by atoms with Crippen molar-refractivity contribution < 1.29 is 9.90 Å². The molecule has 0 aliphatic heterocycles. The van der Waals surface area contributed by atoms with Gasteiger partial charge in [0.25, 0.3) is 5.91 Å². The van der Waals surface area contributed by atoms with Gasteiger partial charge in [0.05, 0.1) is 18.3 Å². The first-order chi connectivity index (χ1) is 11.1. The van der Waals surface area contributed by atoms with Crippen molar-refractivity contribution in [3.05, 3.63) is 48.4 Å². The first-order valence-corrected chi connectivity index (χ1v) is 7.67. The molecule has 6 heteroatoms. The number of carbonyl (C=O) groups is 1. The van der Waals surface area contributed by atoms with Gasteiger partial charge in [-0.05, 0) is 43.9 Å². The topological polar surface area (TPSA) is 87.1 Å². The molecule has 3 N–H and O–H groups in total. The summed E-state index contributed by atoms with van der Waals surface area (Å²) in [5.41, 5.74) is 0.750. The molecule has 1 unspecified atom stereocenters. The molecule has 0 spiro atoms. The summed E-state index contributed by atoms with van der Waals surface area (Å²) < 4.78 is 0. The standard InChI is InChI=1S/C17H20N4O2/c1-17(11-22,13-5-6-13)21-16(23)12-3-2-4-14(9-12)20-15-10-18-7-8-19-15/h2-4,7-10,13,22H,5-6,11H2,1H3,(H,19,20)(H,21,23). The second-order valence-electron chi connectivity index (χ2n) is 6.10. The molecule has 1 heterocycles. The highest BCUT2D eigenvalue weighted by Gasteiger charge is 2.42. The fraction of sp³-hybridized carbons (Fsp3) is 0.353. The van der Waals surface area contributed by atoms with Gasteiger partial charge in [-0.25, -0.2) is 4.98 Å². The Hall–Kier alpha value is -2.47. The first-order valence-electron chi connectivity index (χ1n) is 7.67. The first kappa shape index (κ1) is 15.4. The van der Waals surface area contributed by atoms with Gasteiger partial charge in [-0.1, -0.05) is 6.07 Å². The van der Waals surface area contributed by atoms with Crippen molar-refractivity contribution in [1.82, 2.24) is 15.3 Å². The van der Waals surface area contributed by atoms with Crippen LogP contribution in [0.25, 0.3) is 0 Å². The van der Waals surface area contributed by atoms with Crippen LogP contribution < -0.4 is 10.6 Å². The highest BCUT2D eigenvalue weighted by Crippen LogP contribution is 2.39. The van der Waals surface area contributed by atoms with Gasteiger partial charge in [-0.15, -0.1) is 0 Å². The Morgan fingerprint density at radius 1 is 1.39 bits per heavy atom. The number of nitrogens with zero attached hydrogens (tertiary/aromatic N) is 2. The third-order valence-corrected chi connectivity index (χ3v) is 4.17. The summed E-state index contributed by atoms with van der Waals surface area (Å²) in [6.45, 7) is 1.84. The maximum absolute atomic E-state index is 12.5. The molecule has 1 saturated carbocycles. The summed E-state index contributed by atoms with van der Waals surface area (Å²) in [4.78, 5) is 20.6. The number of rotatable bonds is 6. The fourth-order valence-corrected chi connectivity index (χ4v) is 2.57. The van der Waals surface area contributed by atoms with E-state index in [0.717, 1.165) is 18.5 Å². The number of aromatic nitrogens is 2. The molecule has 0 saturated heterocycles. The molecule has 1 aromatic heterocycles. The average molecular weight is 312 g/mol. The molecule has 23 heavy (non-hydrogen) atoms. The Labute approximate surface area is 135 Å². The van der Waals surface area contributed by atoms with Crippen LogP contribution in [0.1, 0.15) is 30.1 Å². The summed E-state index contributed by atoms with van der Waals surface area (Å²) in [5, 5.41) is 15.7. The van der Waals surface area contributed by atoms with Crippen molar-refractivity contribution in [3.63, 3.8) is 0 Å². The van der Waals surface area contributed by atoms with Crippen LogP contribution in [-0.2, 0) is 0 Å². The predicted molar refractivity (Wildman–Crippen MR) is 87.4 cm³/mol. The summed E-state index contributed by atoms with van der Waals surface area (Å²) in [6.07, 6.45) is 6.91. The molecule has 0 bridgehead atoms. The van der Waals surface area contributed by atoms with Gasteiger partial charge >= 0.3 is 0 Å². The number of nitrogens with one attached hydrogen (secondary N) is 2. The second-order valence-corrected chi connectivity index (χ2v) is 6.10. The van der Waals surface area contributed by atoms with Crippen LogP contribution in [0.2, 0.25) is 0 Å². The molecule has 1 aromatic carbocycles. The maximum Gasteiger partial charge on any atom is 0.251 e. The molecule has 6 nitrogen and oxygen atoms in total.